The zero-order valence-corrected chi connectivity index (χ0v) is 19.2. The lowest BCUT2D eigenvalue weighted by molar-refractivity contribution is -0.0444. The first-order chi connectivity index (χ1) is 15.8. The highest BCUT2D eigenvalue weighted by atomic mass is 16.5. The lowest BCUT2D eigenvalue weighted by Crippen LogP contribution is -2.64. The Bertz CT molecular complexity index is 958. The number of rotatable bonds is 7. The molecular formula is C29H34N2O. The maximum Gasteiger partial charge on any atom is 0.123 e. The Morgan fingerprint density at radius 3 is 2.00 bits per heavy atom. The molecular weight excluding hydrogens is 392 g/mol. The quantitative estimate of drug-likeness (QED) is 0.502. The lowest BCUT2D eigenvalue weighted by atomic mass is 9.70. The summed E-state index contributed by atoms with van der Waals surface area (Å²) in [7, 11) is 4.09. The van der Waals surface area contributed by atoms with Crippen LogP contribution < -0.4 is 4.74 Å². The van der Waals surface area contributed by atoms with Gasteiger partial charge in [-0.2, -0.15) is 0 Å². The fourth-order valence-corrected chi connectivity index (χ4v) is 6.20. The monoisotopic (exact) mass is 426 g/mol. The number of ether oxygens (including phenoxy) is 1. The van der Waals surface area contributed by atoms with E-state index in [9.17, 15) is 0 Å². The Labute approximate surface area is 192 Å². The maximum atomic E-state index is 5.67. The lowest BCUT2D eigenvalue weighted by Gasteiger charge is -2.56. The van der Waals surface area contributed by atoms with Crippen LogP contribution in [-0.2, 0) is 6.54 Å². The first-order valence-corrected chi connectivity index (χ1v) is 11.9. The van der Waals surface area contributed by atoms with E-state index in [4.69, 9.17) is 4.74 Å². The molecule has 3 nitrogen and oxygen atoms in total. The predicted molar refractivity (Wildman–Crippen MR) is 131 cm³/mol. The Kier molecular flexibility index (Phi) is 6.29. The van der Waals surface area contributed by atoms with Gasteiger partial charge in [-0.25, -0.2) is 0 Å². The molecule has 0 aliphatic carbocycles. The van der Waals surface area contributed by atoms with Crippen molar-refractivity contribution in [1.29, 1.82) is 0 Å². The van der Waals surface area contributed by atoms with E-state index in [0.717, 1.165) is 18.2 Å². The highest BCUT2D eigenvalue weighted by molar-refractivity contribution is 5.37. The minimum atomic E-state index is 0.366. The van der Waals surface area contributed by atoms with Gasteiger partial charge in [0.15, 0.2) is 0 Å². The molecule has 3 saturated heterocycles. The standard InChI is InChI=1S/C29H34N2O/c1-30(21-25-15-9-10-16-26(25)32-2)28-24-17-19-31(20-18-24)29(28)27(22-11-5-3-6-12-22)23-13-7-4-8-14-23/h3-16,24,27-29H,17-21H2,1-2H3/t28-,29-/m1/s1. The van der Waals surface area contributed by atoms with Gasteiger partial charge in [-0.15, -0.1) is 0 Å². The van der Waals surface area contributed by atoms with Crippen LogP contribution in [0.1, 0.15) is 35.4 Å². The summed E-state index contributed by atoms with van der Waals surface area (Å²) in [5.74, 6) is 2.09. The van der Waals surface area contributed by atoms with Gasteiger partial charge < -0.3 is 4.74 Å². The molecule has 3 aliphatic heterocycles. The van der Waals surface area contributed by atoms with E-state index in [1.807, 2.05) is 0 Å². The molecule has 0 N–H and O–H groups in total. The summed E-state index contributed by atoms with van der Waals surface area (Å²) in [5.41, 5.74) is 4.11. The predicted octanol–water partition coefficient (Wildman–Crippen LogP) is 5.42. The summed E-state index contributed by atoms with van der Waals surface area (Å²) in [6.45, 7) is 3.33. The molecule has 3 fully saturated rings. The van der Waals surface area contributed by atoms with Crippen LogP contribution in [0.25, 0.3) is 0 Å². The number of hydrogen-bond acceptors (Lipinski definition) is 3. The van der Waals surface area contributed by atoms with Gasteiger partial charge in [-0.05, 0) is 56.1 Å². The number of piperidine rings is 3. The van der Waals surface area contributed by atoms with Crippen molar-refractivity contribution in [3.63, 3.8) is 0 Å². The topological polar surface area (TPSA) is 15.7 Å². The largest absolute Gasteiger partial charge is 0.496 e. The number of benzene rings is 3. The Morgan fingerprint density at radius 2 is 1.41 bits per heavy atom. The number of para-hydroxylation sites is 1. The van der Waals surface area contributed by atoms with Crippen LogP contribution in [0.2, 0.25) is 0 Å². The van der Waals surface area contributed by atoms with Crippen LogP contribution in [0.5, 0.6) is 5.75 Å². The Balaban J connectivity index is 1.53. The Hall–Kier alpha value is -2.62. The molecule has 3 aliphatic rings. The second-order valence-electron chi connectivity index (χ2n) is 9.38. The highest BCUT2D eigenvalue weighted by Crippen LogP contribution is 2.44. The van der Waals surface area contributed by atoms with Gasteiger partial charge in [0.05, 0.1) is 7.11 Å². The van der Waals surface area contributed by atoms with Crippen molar-refractivity contribution in [3.05, 3.63) is 102 Å². The SMILES string of the molecule is COc1ccccc1CN(C)[C@@H]1C2CCN(CC2)[C@@H]1C(c1ccccc1)c1ccccc1. The Morgan fingerprint density at radius 1 is 0.844 bits per heavy atom. The molecule has 166 valence electrons. The first kappa shape index (κ1) is 21.2. The van der Waals surface area contributed by atoms with Crippen molar-refractivity contribution >= 4 is 0 Å². The molecule has 6 rings (SSSR count). The number of nitrogens with zero attached hydrogens (tertiary/aromatic N) is 2. The van der Waals surface area contributed by atoms with E-state index in [1.165, 1.54) is 42.6 Å². The van der Waals surface area contributed by atoms with E-state index in [1.54, 1.807) is 7.11 Å². The van der Waals surface area contributed by atoms with Crippen molar-refractivity contribution < 1.29 is 4.74 Å². The maximum absolute atomic E-state index is 5.67. The van der Waals surface area contributed by atoms with E-state index >= 15 is 0 Å². The van der Waals surface area contributed by atoms with E-state index < -0.39 is 0 Å². The molecule has 3 aromatic carbocycles. The van der Waals surface area contributed by atoms with Gasteiger partial charge in [0.25, 0.3) is 0 Å². The van der Waals surface area contributed by atoms with Gasteiger partial charge in [-0.3, -0.25) is 9.80 Å². The second-order valence-corrected chi connectivity index (χ2v) is 9.38. The van der Waals surface area contributed by atoms with Crippen LogP contribution in [0.15, 0.2) is 84.9 Å². The van der Waals surface area contributed by atoms with Gasteiger partial charge in [0, 0.05) is 30.1 Å². The van der Waals surface area contributed by atoms with Crippen molar-refractivity contribution in [2.75, 3.05) is 27.2 Å². The zero-order valence-electron chi connectivity index (χ0n) is 19.2. The third kappa shape index (κ3) is 4.07. The normalized spacial score (nSPS) is 24.8. The van der Waals surface area contributed by atoms with Crippen molar-refractivity contribution in [2.24, 2.45) is 5.92 Å². The van der Waals surface area contributed by atoms with Crippen molar-refractivity contribution in [2.45, 2.75) is 37.4 Å². The molecule has 3 aromatic rings. The van der Waals surface area contributed by atoms with Crippen molar-refractivity contribution in [1.82, 2.24) is 9.80 Å². The van der Waals surface area contributed by atoms with E-state index in [0.29, 0.717) is 18.0 Å². The van der Waals surface area contributed by atoms with Gasteiger partial charge in [-0.1, -0.05) is 78.9 Å². The molecule has 0 spiro atoms. The highest BCUT2D eigenvalue weighted by Gasteiger charge is 2.48. The molecule has 32 heavy (non-hydrogen) atoms. The molecule has 3 heterocycles. The molecule has 0 amide bonds. The van der Waals surface area contributed by atoms with Crippen LogP contribution in [0, 0.1) is 5.92 Å². The van der Waals surface area contributed by atoms with E-state index in [-0.39, 0.29) is 0 Å². The molecule has 2 bridgehead atoms. The summed E-state index contributed by atoms with van der Waals surface area (Å²) in [5, 5.41) is 0. The summed E-state index contributed by atoms with van der Waals surface area (Å²) in [6.07, 6.45) is 2.60. The third-order valence-corrected chi connectivity index (χ3v) is 7.61. The minimum Gasteiger partial charge on any atom is -0.496 e. The minimum absolute atomic E-state index is 0.366. The first-order valence-electron chi connectivity index (χ1n) is 11.9. The van der Waals surface area contributed by atoms with E-state index in [2.05, 4.69) is 102 Å². The molecule has 0 saturated carbocycles. The number of fused-ring (bicyclic) bond motifs is 3. The van der Waals surface area contributed by atoms with Crippen LogP contribution >= 0.6 is 0 Å². The smallest absolute Gasteiger partial charge is 0.123 e. The van der Waals surface area contributed by atoms with Crippen molar-refractivity contribution in [3.8, 4) is 5.75 Å². The average Bonchev–Trinajstić information content (AvgIpc) is 2.86. The molecule has 0 aromatic heterocycles. The van der Waals surface area contributed by atoms with Gasteiger partial charge >= 0.3 is 0 Å². The summed E-state index contributed by atoms with van der Waals surface area (Å²) < 4.78 is 5.67. The van der Waals surface area contributed by atoms with Crippen LogP contribution in [0.4, 0.5) is 0 Å². The summed E-state index contributed by atoms with van der Waals surface area (Å²) >= 11 is 0. The number of likely N-dealkylation sites (N-methyl/N-ethyl adjacent to an activating group) is 1. The molecule has 0 radical (unpaired) electrons. The van der Waals surface area contributed by atoms with Gasteiger partial charge in [0.2, 0.25) is 0 Å². The molecule has 0 unspecified atom stereocenters. The summed E-state index contributed by atoms with van der Waals surface area (Å²) in [4.78, 5) is 5.38. The summed E-state index contributed by atoms with van der Waals surface area (Å²) in [6, 6.07) is 31.7. The number of hydrogen-bond donors (Lipinski definition) is 0. The van der Waals surface area contributed by atoms with Crippen LogP contribution in [0.3, 0.4) is 0 Å². The second kappa shape index (κ2) is 9.48. The third-order valence-electron chi connectivity index (χ3n) is 7.61. The molecule has 2 atom stereocenters. The number of methoxy groups -OCH3 is 1. The fourth-order valence-electron chi connectivity index (χ4n) is 6.20. The fraction of sp³-hybridized carbons (Fsp3) is 0.379. The molecule has 3 heteroatoms. The zero-order chi connectivity index (χ0) is 21.9. The van der Waals surface area contributed by atoms with Gasteiger partial charge in [0.1, 0.15) is 5.75 Å². The average molecular weight is 427 g/mol. The van der Waals surface area contributed by atoms with Crippen LogP contribution in [-0.4, -0.2) is 49.1 Å².